The average molecular weight is 449 g/mol. The van der Waals surface area contributed by atoms with Gasteiger partial charge in [-0.05, 0) is 19.8 Å². The maximum absolute atomic E-state index is 12.3. The number of aliphatic carboxylic acids is 2. The smallest absolute Gasteiger partial charge is 0.327 e. The van der Waals surface area contributed by atoms with Gasteiger partial charge in [0.1, 0.15) is 18.1 Å². The number of carbonyl (C=O) groups excluding carboxylic acids is 4. The second kappa shape index (κ2) is 13.4. The van der Waals surface area contributed by atoms with Crippen molar-refractivity contribution in [3.8, 4) is 0 Å². The summed E-state index contributed by atoms with van der Waals surface area (Å²) in [5.41, 5.74) is 10.6. The minimum atomic E-state index is -1.34. The van der Waals surface area contributed by atoms with Crippen LogP contribution in [0.5, 0.6) is 0 Å². The molecular weight excluding hydrogens is 422 g/mol. The van der Waals surface area contributed by atoms with Gasteiger partial charge in [0.05, 0.1) is 6.04 Å². The van der Waals surface area contributed by atoms with E-state index in [1.165, 1.54) is 6.92 Å². The quantitative estimate of drug-likeness (QED) is 0.126. The molecule has 4 atom stereocenters. The van der Waals surface area contributed by atoms with Crippen LogP contribution in [-0.2, 0) is 28.8 Å². The van der Waals surface area contributed by atoms with Crippen LogP contribution in [-0.4, -0.2) is 75.7 Å². The van der Waals surface area contributed by atoms with Gasteiger partial charge in [0, 0.05) is 18.6 Å². The summed E-state index contributed by atoms with van der Waals surface area (Å²) in [6, 6.07) is -4.93. The van der Waals surface area contributed by atoms with E-state index in [0.717, 1.165) is 0 Å². The summed E-state index contributed by atoms with van der Waals surface area (Å²) in [6.07, 6.45) is -0.942. The van der Waals surface area contributed by atoms with Crippen molar-refractivity contribution in [1.82, 2.24) is 16.0 Å². The summed E-state index contributed by atoms with van der Waals surface area (Å²) in [5.74, 6) is -5.87. The minimum absolute atomic E-state index is 0.139. The first kappa shape index (κ1) is 27.1. The third kappa shape index (κ3) is 10.6. The molecule has 0 radical (unpaired) electrons. The van der Waals surface area contributed by atoms with E-state index in [2.05, 4.69) is 28.6 Å². The molecule has 9 N–H and O–H groups in total. The fraction of sp³-hybridized carbons (Fsp3) is 0.625. The zero-order chi connectivity index (χ0) is 23.4. The van der Waals surface area contributed by atoms with Crippen molar-refractivity contribution in [2.45, 2.75) is 56.8 Å². The van der Waals surface area contributed by atoms with Crippen LogP contribution < -0.4 is 27.4 Å². The Balaban J connectivity index is 5.02. The molecule has 0 rings (SSSR count). The van der Waals surface area contributed by atoms with E-state index in [-0.39, 0.29) is 31.4 Å². The predicted octanol–water partition coefficient (Wildman–Crippen LogP) is -3.07. The first-order valence-corrected chi connectivity index (χ1v) is 9.52. The van der Waals surface area contributed by atoms with Gasteiger partial charge in [-0.3, -0.25) is 24.0 Å². The molecule has 4 amide bonds. The number of carboxylic acids is 2. The van der Waals surface area contributed by atoms with Gasteiger partial charge in [-0.2, -0.15) is 12.6 Å². The number of nitrogens with one attached hydrogen (secondary N) is 3. The summed E-state index contributed by atoms with van der Waals surface area (Å²) >= 11 is 3.82. The van der Waals surface area contributed by atoms with Crippen LogP contribution in [0.1, 0.15) is 32.6 Å². The summed E-state index contributed by atoms with van der Waals surface area (Å²) in [6.45, 7) is 1.30. The summed E-state index contributed by atoms with van der Waals surface area (Å²) in [4.78, 5) is 69.2. The SMILES string of the molecule is CC(NC(=O)C(N)CCC(=O)O)C(=O)NC(CCC(N)=O)C(=O)NC(CS)C(=O)O. The Kier molecular flexibility index (Phi) is 12.1. The Morgan fingerprint density at radius 3 is 1.90 bits per heavy atom. The molecule has 0 bridgehead atoms. The zero-order valence-electron chi connectivity index (χ0n) is 16.3. The summed E-state index contributed by atoms with van der Waals surface area (Å²) in [5, 5.41) is 24.4. The molecule has 30 heavy (non-hydrogen) atoms. The molecule has 0 saturated carbocycles. The highest BCUT2D eigenvalue weighted by molar-refractivity contribution is 7.80. The van der Waals surface area contributed by atoms with E-state index in [9.17, 15) is 28.8 Å². The first-order chi connectivity index (χ1) is 13.9. The predicted molar refractivity (Wildman–Crippen MR) is 106 cm³/mol. The van der Waals surface area contributed by atoms with Crippen molar-refractivity contribution in [2.24, 2.45) is 11.5 Å². The number of hydrogen-bond acceptors (Lipinski definition) is 8. The monoisotopic (exact) mass is 449 g/mol. The van der Waals surface area contributed by atoms with Gasteiger partial charge in [0.15, 0.2) is 0 Å². The van der Waals surface area contributed by atoms with Gasteiger partial charge >= 0.3 is 11.9 Å². The lowest BCUT2D eigenvalue weighted by molar-refractivity contribution is -0.142. The molecule has 0 spiro atoms. The topological polar surface area (TPSA) is 231 Å². The molecule has 0 fully saturated rings. The van der Waals surface area contributed by atoms with Gasteiger partial charge in [0.2, 0.25) is 23.6 Å². The van der Waals surface area contributed by atoms with Crippen molar-refractivity contribution in [3.63, 3.8) is 0 Å². The molecule has 14 heteroatoms. The Morgan fingerprint density at radius 1 is 0.867 bits per heavy atom. The number of carboxylic acid groups (broad SMARTS) is 2. The van der Waals surface area contributed by atoms with E-state index in [1.807, 2.05) is 0 Å². The van der Waals surface area contributed by atoms with E-state index in [4.69, 9.17) is 21.7 Å². The van der Waals surface area contributed by atoms with Crippen molar-refractivity contribution in [2.75, 3.05) is 5.75 Å². The van der Waals surface area contributed by atoms with Crippen LogP contribution in [0.15, 0.2) is 0 Å². The highest BCUT2D eigenvalue weighted by atomic mass is 32.1. The van der Waals surface area contributed by atoms with E-state index >= 15 is 0 Å². The lowest BCUT2D eigenvalue weighted by Crippen LogP contribution is -2.56. The number of hydrogen-bond donors (Lipinski definition) is 8. The number of rotatable bonds is 14. The molecular formula is C16H27N5O8S. The fourth-order valence-electron chi connectivity index (χ4n) is 2.11. The van der Waals surface area contributed by atoms with Crippen LogP contribution in [0.25, 0.3) is 0 Å². The lowest BCUT2D eigenvalue weighted by atomic mass is 10.1. The first-order valence-electron chi connectivity index (χ1n) is 8.89. The molecule has 0 aliphatic rings. The summed E-state index contributed by atoms with van der Waals surface area (Å²) in [7, 11) is 0. The van der Waals surface area contributed by atoms with Gasteiger partial charge in [-0.15, -0.1) is 0 Å². The van der Waals surface area contributed by atoms with Gasteiger partial charge < -0.3 is 37.6 Å². The highest BCUT2D eigenvalue weighted by Crippen LogP contribution is 2.02. The third-order valence-electron chi connectivity index (χ3n) is 3.87. The fourth-order valence-corrected chi connectivity index (χ4v) is 2.35. The minimum Gasteiger partial charge on any atom is -0.481 e. The zero-order valence-corrected chi connectivity index (χ0v) is 17.2. The van der Waals surface area contributed by atoms with Crippen LogP contribution in [0.3, 0.4) is 0 Å². The number of primary amides is 1. The van der Waals surface area contributed by atoms with Crippen LogP contribution >= 0.6 is 12.6 Å². The summed E-state index contributed by atoms with van der Waals surface area (Å²) < 4.78 is 0. The molecule has 170 valence electrons. The van der Waals surface area contributed by atoms with E-state index < -0.39 is 59.7 Å². The van der Waals surface area contributed by atoms with Gasteiger partial charge in [-0.25, -0.2) is 4.79 Å². The molecule has 0 saturated heterocycles. The molecule has 0 aliphatic carbocycles. The van der Waals surface area contributed by atoms with Crippen LogP contribution in [0, 0.1) is 0 Å². The number of amides is 4. The van der Waals surface area contributed by atoms with Crippen molar-refractivity contribution in [3.05, 3.63) is 0 Å². The maximum atomic E-state index is 12.3. The largest absolute Gasteiger partial charge is 0.481 e. The van der Waals surface area contributed by atoms with Gasteiger partial charge in [-0.1, -0.05) is 0 Å². The van der Waals surface area contributed by atoms with Crippen LogP contribution in [0.2, 0.25) is 0 Å². The molecule has 13 nitrogen and oxygen atoms in total. The second-order valence-electron chi connectivity index (χ2n) is 6.42. The Bertz CT molecular complexity index is 674. The van der Waals surface area contributed by atoms with Crippen molar-refractivity contribution in [1.29, 1.82) is 0 Å². The lowest BCUT2D eigenvalue weighted by Gasteiger charge is -2.23. The van der Waals surface area contributed by atoms with E-state index in [1.54, 1.807) is 0 Å². The molecule has 0 aromatic heterocycles. The molecule has 0 aromatic carbocycles. The Labute approximate surface area is 177 Å². The number of nitrogens with two attached hydrogens (primary N) is 2. The van der Waals surface area contributed by atoms with Crippen molar-refractivity contribution >= 4 is 48.2 Å². The normalized spacial score (nSPS) is 14.5. The molecule has 0 aromatic rings. The molecule has 0 heterocycles. The average Bonchev–Trinajstić information content (AvgIpc) is 2.66. The van der Waals surface area contributed by atoms with Crippen molar-refractivity contribution < 1.29 is 39.0 Å². The number of thiol groups is 1. The second-order valence-corrected chi connectivity index (χ2v) is 6.78. The van der Waals surface area contributed by atoms with Gasteiger partial charge in [0.25, 0.3) is 0 Å². The van der Waals surface area contributed by atoms with Crippen LogP contribution in [0.4, 0.5) is 0 Å². The molecule has 4 unspecified atom stereocenters. The maximum Gasteiger partial charge on any atom is 0.327 e. The Morgan fingerprint density at radius 2 is 1.43 bits per heavy atom. The van der Waals surface area contributed by atoms with E-state index in [0.29, 0.717) is 0 Å². The Hall–Kier alpha value is -2.87. The highest BCUT2D eigenvalue weighted by Gasteiger charge is 2.28. The molecule has 0 aliphatic heterocycles. The third-order valence-corrected chi connectivity index (χ3v) is 4.23. The standard InChI is InChI=1S/C16H27N5O8S/c1-7(19-14(26)8(17)2-5-12(23)24)13(25)20-9(3-4-11(18)22)15(27)21-10(6-30)16(28)29/h7-10,30H,2-6,17H2,1H3,(H2,18,22)(H,19,26)(H,20,25)(H,21,27)(H,23,24)(H,28,29). The number of carbonyl (C=O) groups is 6.